The topological polar surface area (TPSA) is 226 Å². The van der Waals surface area contributed by atoms with E-state index in [1.165, 1.54) is 63.9 Å². The number of allylic oxidation sites excluding steroid dienone is 7. The van der Waals surface area contributed by atoms with E-state index in [9.17, 15) is 50.0 Å². The van der Waals surface area contributed by atoms with Gasteiger partial charge in [0.15, 0.2) is 0 Å². The van der Waals surface area contributed by atoms with Crippen LogP contribution in [0.2, 0.25) is 0 Å². The molecule has 8 atom stereocenters. The lowest BCUT2D eigenvalue weighted by molar-refractivity contribution is -0.220. The van der Waals surface area contributed by atoms with Crippen molar-refractivity contribution in [1.29, 1.82) is 0 Å². The summed E-state index contributed by atoms with van der Waals surface area (Å²) in [5.41, 5.74) is 0. The first-order chi connectivity index (χ1) is 27.3. The molecule has 0 aromatic heterocycles. The Kier molecular flexibility index (Phi) is 30.9. The van der Waals surface area contributed by atoms with E-state index in [-0.39, 0.29) is 6.42 Å². The second kappa shape index (κ2) is 33.0. The second-order valence-electron chi connectivity index (χ2n) is 15.4. The van der Waals surface area contributed by atoms with Crippen LogP contribution in [-0.2, 0) is 18.4 Å². The molecule has 13 nitrogen and oxygen atoms in total. The summed E-state index contributed by atoms with van der Waals surface area (Å²) >= 11 is 0. The molecule has 9 N–H and O–H groups in total. The van der Waals surface area contributed by atoms with E-state index < -0.39 is 75.2 Å². The monoisotopic (exact) mass is 832 g/mol. The highest BCUT2D eigenvalue weighted by Crippen LogP contribution is 2.47. The molecular weight excluding hydrogens is 753 g/mol. The maximum absolute atomic E-state index is 12.9. The van der Waals surface area contributed by atoms with Gasteiger partial charge in [0.05, 0.1) is 31.3 Å². The molecule has 0 saturated heterocycles. The fourth-order valence-electron chi connectivity index (χ4n) is 6.63. The normalized spacial score (nSPS) is 24.5. The van der Waals surface area contributed by atoms with E-state index in [1.807, 2.05) is 19.1 Å². The van der Waals surface area contributed by atoms with Crippen molar-refractivity contribution in [3.63, 3.8) is 0 Å². The van der Waals surface area contributed by atoms with Gasteiger partial charge in [-0.15, -0.1) is 0 Å². The standard InChI is InChI=1S/C43H78NO12P/c1-3-5-7-9-11-13-14-15-16-17-18-19-20-21-23-24-26-28-30-34(45)32-37(47)44-35(36(46)31-29-27-25-22-12-10-8-6-4-2)33-55-57(53,54)56-43-41(51)39(49)38(48)40(50)42(43)52/h4,6,12,18-19,22,29,31,34-36,38-43,45-46,48-52H,3,5,7-11,13-17,20-21,23-28,30,32-33H2,1-2H3,(H,44,47)(H,53,54)/b6-4+,19-18-,22-12+,31-29+. The molecule has 57 heavy (non-hydrogen) atoms. The van der Waals surface area contributed by atoms with E-state index in [1.54, 1.807) is 6.08 Å². The molecule has 0 aromatic carbocycles. The molecule has 1 rings (SSSR count). The molecule has 332 valence electrons. The highest BCUT2D eigenvalue weighted by Gasteiger charge is 2.51. The number of phosphoric acid groups is 1. The van der Waals surface area contributed by atoms with E-state index in [0.717, 1.165) is 57.8 Å². The SMILES string of the molecule is C/C=C/CC/C=C/CC/C=C/C(O)C(COP(=O)(O)OC1C(O)C(O)C(O)C(O)C1O)NC(=O)CC(O)CCCCCCC/C=C\CCCCCCCCCCC. The number of hydrogen-bond acceptors (Lipinski definition) is 11. The van der Waals surface area contributed by atoms with Crippen molar-refractivity contribution in [3.05, 3.63) is 48.6 Å². The second-order valence-corrected chi connectivity index (χ2v) is 16.8. The quantitative estimate of drug-likeness (QED) is 0.0196. The number of amides is 1. The van der Waals surface area contributed by atoms with Crippen molar-refractivity contribution in [2.45, 2.75) is 210 Å². The minimum absolute atomic E-state index is 0.263. The van der Waals surface area contributed by atoms with Crippen molar-refractivity contribution in [1.82, 2.24) is 5.32 Å². The van der Waals surface area contributed by atoms with Crippen LogP contribution in [0.1, 0.15) is 155 Å². The summed E-state index contributed by atoms with van der Waals surface area (Å²) in [6, 6.07) is -1.26. The zero-order valence-electron chi connectivity index (χ0n) is 34.7. The number of aliphatic hydroxyl groups excluding tert-OH is 7. The molecule has 1 fully saturated rings. The Morgan fingerprint density at radius 2 is 1.11 bits per heavy atom. The number of rotatable bonds is 34. The van der Waals surface area contributed by atoms with Crippen molar-refractivity contribution in [2.75, 3.05) is 6.61 Å². The first-order valence-electron chi connectivity index (χ1n) is 21.6. The largest absolute Gasteiger partial charge is 0.472 e. The van der Waals surface area contributed by atoms with Gasteiger partial charge in [-0.1, -0.05) is 133 Å². The van der Waals surface area contributed by atoms with Gasteiger partial charge in [0.25, 0.3) is 0 Å². The fraction of sp³-hybridized carbons (Fsp3) is 0.791. The fourth-order valence-corrected chi connectivity index (χ4v) is 7.59. The predicted octanol–water partition coefficient (Wildman–Crippen LogP) is 6.36. The van der Waals surface area contributed by atoms with Gasteiger partial charge in [-0.3, -0.25) is 13.8 Å². The molecule has 0 heterocycles. The number of nitrogens with one attached hydrogen (secondary N) is 1. The summed E-state index contributed by atoms with van der Waals surface area (Å²) < 4.78 is 22.7. The van der Waals surface area contributed by atoms with E-state index in [4.69, 9.17) is 9.05 Å². The average molecular weight is 832 g/mol. The Labute approximate surface area is 342 Å². The molecule has 14 heteroatoms. The number of unbranched alkanes of at least 4 members (excludes halogenated alkanes) is 16. The smallest absolute Gasteiger partial charge is 0.393 e. The molecule has 8 unspecified atom stereocenters. The molecule has 0 spiro atoms. The van der Waals surface area contributed by atoms with E-state index >= 15 is 0 Å². The lowest BCUT2D eigenvalue weighted by Crippen LogP contribution is -2.64. The maximum Gasteiger partial charge on any atom is 0.472 e. The molecule has 1 saturated carbocycles. The summed E-state index contributed by atoms with van der Waals surface area (Å²) in [5, 5.41) is 74.1. The highest BCUT2D eigenvalue weighted by atomic mass is 31.2. The van der Waals surface area contributed by atoms with Crippen molar-refractivity contribution < 1.29 is 59.0 Å². The summed E-state index contributed by atoms with van der Waals surface area (Å²) in [6.07, 6.45) is 23.9. The van der Waals surface area contributed by atoms with E-state index in [2.05, 4.69) is 36.5 Å². The molecule has 0 aliphatic heterocycles. The minimum atomic E-state index is -5.15. The van der Waals surface area contributed by atoms with Gasteiger partial charge in [0, 0.05) is 0 Å². The number of carbonyl (C=O) groups excluding carboxylic acids is 1. The zero-order valence-corrected chi connectivity index (χ0v) is 35.6. The average Bonchev–Trinajstić information content (AvgIpc) is 3.18. The van der Waals surface area contributed by atoms with Gasteiger partial charge >= 0.3 is 7.82 Å². The van der Waals surface area contributed by atoms with Gasteiger partial charge < -0.3 is 46.0 Å². The Hall–Kier alpha value is -1.74. The highest BCUT2D eigenvalue weighted by molar-refractivity contribution is 7.47. The Bertz CT molecular complexity index is 1170. The summed E-state index contributed by atoms with van der Waals surface area (Å²) in [6.45, 7) is 3.46. The molecular formula is C43H78NO12P. The number of aliphatic hydroxyl groups is 7. The molecule has 0 bridgehead atoms. The van der Waals surface area contributed by atoms with Crippen LogP contribution in [0.25, 0.3) is 0 Å². The Morgan fingerprint density at radius 3 is 1.65 bits per heavy atom. The first kappa shape index (κ1) is 53.3. The van der Waals surface area contributed by atoms with Crippen LogP contribution in [0.4, 0.5) is 0 Å². The maximum atomic E-state index is 12.9. The van der Waals surface area contributed by atoms with Crippen molar-refractivity contribution in [3.8, 4) is 0 Å². The summed E-state index contributed by atoms with van der Waals surface area (Å²) in [5.74, 6) is -0.617. The van der Waals surface area contributed by atoms with Crippen molar-refractivity contribution >= 4 is 13.7 Å². The Morgan fingerprint density at radius 1 is 0.649 bits per heavy atom. The van der Waals surface area contributed by atoms with Gasteiger partial charge in [-0.05, 0) is 64.7 Å². The summed E-state index contributed by atoms with van der Waals surface area (Å²) in [4.78, 5) is 23.3. The van der Waals surface area contributed by atoms with Crippen LogP contribution in [0.3, 0.4) is 0 Å². The third-order valence-corrected chi connectivity index (χ3v) is 11.2. The van der Waals surface area contributed by atoms with Gasteiger partial charge in [-0.2, -0.15) is 0 Å². The van der Waals surface area contributed by atoms with Crippen molar-refractivity contribution in [2.24, 2.45) is 0 Å². The van der Waals surface area contributed by atoms with Gasteiger partial charge in [0.1, 0.15) is 36.6 Å². The van der Waals surface area contributed by atoms with Gasteiger partial charge in [-0.25, -0.2) is 4.57 Å². The predicted molar refractivity (Wildman–Crippen MR) is 224 cm³/mol. The number of carbonyl (C=O) groups is 1. The van der Waals surface area contributed by atoms with Crippen LogP contribution >= 0.6 is 7.82 Å². The molecule has 0 radical (unpaired) electrons. The minimum Gasteiger partial charge on any atom is -0.393 e. The first-order valence-corrected chi connectivity index (χ1v) is 23.1. The third kappa shape index (κ3) is 25.5. The van der Waals surface area contributed by atoms with Gasteiger partial charge in [0.2, 0.25) is 5.91 Å². The molecule has 1 aliphatic rings. The lowest BCUT2D eigenvalue weighted by Gasteiger charge is -2.41. The lowest BCUT2D eigenvalue weighted by atomic mass is 9.85. The van der Waals surface area contributed by atoms with Crippen LogP contribution in [-0.4, -0.2) is 108 Å². The van der Waals surface area contributed by atoms with Crippen LogP contribution < -0.4 is 5.32 Å². The number of phosphoric ester groups is 1. The number of hydrogen-bond donors (Lipinski definition) is 9. The molecule has 0 aromatic rings. The molecule has 1 amide bonds. The van der Waals surface area contributed by atoms with E-state index in [0.29, 0.717) is 19.3 Å². The third-order valence-electron chi connectivity index (χ3n) is 10.2. The Balaban J connectivity index is 2.52. The van der Waals surface area contributed by atoms with Crippen LogP contribution in [0.5, 0.6) is 0 Å². The van der Waals surface area contributed by atoms with Crippen LogP contribution in [0, 0.1) is 0 Å². The zero-order chi connectivity index (χ0) is 42.3. The molecule has 1 aliphatic carbocycles. The van der Waals surface area contributed by atoms with Crippen LogP contribution in [0.15, 0.2) is 48.6 Å². The summed E-state index contributed by atoms with van der Waals surface area (Å²) in [7, 11) is -5.15.